The second-order valence-corrected chi connectivity index (χ2v) is 9.39. The van der Waals surface area contributed by atoms with Gasteiger partial charge in [-0.05, 0) is 44.2 Å². The predicted molar refractivity (Wildman–Crippen MR) is 133 cm³/mol. The van der Waals surface area contributed by atoms with Crippen molar-refractivity contribution in [1.29, 1.82) is 0 Å². The van der Waals surface area contributed by atoms with Crippen molar-refractivity contribution in [3.63, 3.8) is 0 Å². The van der Waals surface area contributed by atoms with Crippen LogP contribution in [0, 0.1) is 5.51 Å². The number of Topliss-reactive ketones (excluding diaryl/α,β-unsaturated/α-hetero) is 1. The number of nitrogens with one attached hydrogen (secondary N) is 2. The Kier molecular flexibility index (Phi) is 9.92. The summed E-state index contributed by atoms with van der Waals surface area (Å²) in [5.74, 6) is -1.32. The van der Waals surface area contributed by atoms with Gasteiger partial charge in [-0.15, -0.1) is 11.3 Å². The molecule has 10 heteroatoms. The maximum absolute atomic E-state index is 13.5. The molecule has 3 amide bonds. The highest BCUT2D eigenvalue weighted by molar-refractivity contribution is 7.07. The molecule has 0 aliphatic heterocycles. The second kappa shape index (κ2) is 13.1. The van der Waals surface area contributed by atoms with E-state index >= 15 is 0 Å². The third kappa shape index (κ3) is 8.25. The smallest absolute Gasteiger partial charge is 0.246 e. The maximum atomic E-state index is 13.5. The Morgan fingerprint density at radius 3 is 2.49 bits per heavy atom. The number of amides is 3. The van der Waals surface area contributed by atoms with Crippen LogP contribution in [0.2, 0.25) is 0 Å². The molecular weight excluding hydrogens is 466 g/mol. The number of nitrogens with two attached hydrogens (primary N) is 1. The number of nitrogens with zero attached hydrogens (tertiary/aromatic N) is 2. The number of benzene rings is 1. The number of rotatable bonds is 14. The summed E-state index contributed by atoms with van der Waals surface area (Å²) in [6.07, 6.45) is 3.75. The Labute approximate surface area is 209 Å². The monoisotopic (exact) mass is 498 g/mol. The molecule has 2 atom stereocenters. The lowest BCUT2D eigenvalue weighted by atomic mass is 10.0. The molecule has 1 aliphatic rings. The number of hydrogen-bond acceptors (Lipinski definition) is 7. The maximum Gasteiger partial charge on any atom is 0.246 e. The molecule has 2 aromatic rings. The van der Waals surface area contributed by atoms with Gasteiger partial charge in [0.25, 0.3) is 0 Å². The summed E-state index contributed by atoms with van der Waals surface area (Å²) in [4.78, 5) is 56.7. The van der Waals surface area contributed by atoms with Gasteiger partial charge in [0.15, 0.2) is 5.51 Å². The fraction of sp³-hybridized carbons (Fsp3) is 0.480. The third-order valence-electron chi connectivity index (χ3n) is 5.78. The third-order valence-corrected chi connectivity index (χ3v) is 6.32. The molecule has 3 rings (SSSR count). The molecule has 1 aliphatic carbocycles. The molecule has 1 heterocycles. The summed E-state index contributed by atoms with van der Waals surface area (Å²) < 4.78 is 0. The molecule has 187 valence electrons. The van der Waals surface area contributed by atoms with Crippen LogP contribution in [0.25, 0.3) is 0 Å². The summed E-state index contributed by atoms with van der Waals surface area (Å²) in [7, 11) is 0. The van der Waals surface area contributed by atoms with Crippen LogP contribution in [-0.2, 0) is 20.8 Å². The number of carbonyl (C=O) groups excluding carboxylic acids is 4. The van der Waals surface area contributed by atoms with Gasteiger partial charge in [0, 0.05) is 24.8 Å². The van der Waals surface area contributed by atoms with Crippen LogP contribution in [0.3, 0.4) is 0 Å². The van der Waals surface area contributed by atoms with E-state index in [1.165, 1.54) is 23.2 Å². The van der Waals surface area contributed by atoms with E-state index in [2.05, 4.69) is 21.1 Å². The van der Waals surface area contributed by atoms with E-state index in [4.69, 9.17) is 5.73 Å². The van der Waals surface area contributed by atoms with Gasteiger partial charge in [-0.25, -0.2) is 4.98 Å². The number of hydrogen-bond donors (Lipinski definition) is 3. The van der Waals surface area contributed by atoms with E-state index in [0.29, 0.717) is 25.8 Å². The molecule has 0 spiro atoms. The van der Waals surface area contributed by atoms with Crippen LogP contribution < -0.4 is 16.4 Å². The van der Waals surface area contributed by atoms with Gasteiger partial charge < -0.3 is 21.3 Å². The zero-order chi connectivity index (χ0) is 25.2. The zero-order valence-electron chi connectivity index (χ0n) is 19.9. The van der Waals surface area contributed by atoms with Gasteiger partial charge in [-0.3, -0.25) is 19.2 Å². The largest absolute Gasteiger partial charge is 0.344 e. The first-order valence-electron chi connectivity index (χ1n) is 11.9. The first kappa shape index (κ1) is 26.5. The lowest BCUT2D eigenvalue weighted by Gasteiger charge is -2.28. The highest BCUT2D eigenvalue weighted by atomic mass is 32.1. The fourth-order valence-electron chi connectivity index (χ4n) is 3.90. The van der Waals surface area contributed by atoms with Crippen LogP contribution in [0.4, 0.5) is 0 Å². The van der Waals surface area contributed by atoms with E-state index in [1.54, 1.807) is 5.38 Å². The average Bonchev–Trinajstić information content (AvgIpc) is 3.53. The quantitative estimate of drug-likeness (QED) is 0.267. The molecular formula is C25H32N5O4S. The van der Waals surface area contributed by atoms with Gasteiger partial charge in [0.2, 0.25) is 23.5 Å². The molecule has 9 nitrogen and oxygen atoms in total. The number of unbranched alkanes of at least 4 members (excludes halogenated alkanes) is 1. The fourth-order valence-corrected chi connectivity index (χ4v) is 4.38. The first-order valence-corrected chi connectivity index (χ1v) is 12.7. The second-order valence-electron chi connectivity index (χ2n) is 8.73. The SMILES string of the molecule is CC(=O)N[C@H](Cc1ccccc1)C(=O)N(CC(=O)N[C@@H](CCCCN)C(=O)c1cs[c]n1)C1CC1. The predicted octanol–water partition coefficient (Wildman–Crippen LogP) is 1.48. The Morgan fingerprint density at radius 1 is 1.14 bits per heavy atom. The van der Waals surface area contributed by atoms with Crippen LogP contribution in [0.15, 0.2) is 35.7 Å². The van der Waals surface area contributed by atoms with E-state index in [9.17, 15) is 19.2 Å². The highest BCUT2D eigenvalue weighted by Crippen LogP contribution is 2.27. The summed E-state index contributed by atoms with van der Waals surface area (Å²) in [6.45, 7) is 1.68. The van der Waals surface area contributed by atoms with Gasteiger partial charge in [-0.2, -0.15) is 0 Å². The molecule has 1 aromatic carbocycles. The molecule has 1 radical (unpaired) electrons. The number of aromatic nitrogens is 1. The average molecular weight is 499 g/mol. The lowest BCUT2D eigenvalue weighted by molar-refractivity contribution is -0.140. The molecule has 1 saturated carbocycles. The number of ketones is 1. The number of thiazole rings is 1. The standard InChI is InChI=1S/C25H32N5O4S/c1-17(31)28-21(13-18-7-3-2-4-8-18)25(34)30(19-10-11-19)14-23(32)29-20(9-5-6-12-26)24(33)22-15-35-16-27-22/h2-4,7-8,15,19-21H,5-6,9-14,26H2,1H3,(H,28,31)(H,29,32)/t20-,21+/m0/s1. The van der Waals surface area contributed by atoms with Crippen molar-refractivity contribution in [3.8, 4) is 0 Å². The Balaban J connectivity index is 1.69. The van der Waals surface area contributed by atoms with Crippen LogP contribution in [-0.4, -0.2) is 64.6 Å². The van der Waals surface area contributed by atoms with Gasteiger partial charge in [-0.1, -0.05) is 30.3 Å². The van der Waals surface area contributed by atoms with Gasteiger partial charge in [0.1, 0.15) is 11.7 Å². The molecule has 0 saturated heterocycles. The van der Waals surface area contributed by atoms with E-state index in [0.717, 1.165) is 24.8 Å². The molecule has 1 aromatic heterocycles. The lowest BCUT2D eigenvalue weighted by Crippen LogP contribution is -2.53. The van der Waals surface area contributed by atoms with Gasteiger partial charge in [0.05, 0.1) is 12.6 Å². The normalized spacial score (nSPS) is 14.6. The van der Waals surface area contributed by atoms with E-state index in [-0.39, 0.29) is 35.9 Å². The molecule has 1 fully saturated rings. The Morgan fingerprint density at radius 2 is 1.89 bits per heavy atom. The zero-order valence-corrected chi connectivity index (χ0v) is 20.7. The van der Waals surface area contributed by atoms with Crippen molar-refractivity contribution in [1.82, 2.24) is 20.5 Å². The molecule has 0 bridgehead atoms. The van der Waals surface area contributed by atoms with Crippen molar-refractivity contribution >= 4 is 34.8 Å². The van der Waals surface area contributed by atoms with Crippen molar-refractivity contribution in [2.24, 2.45) is 5.73 Å². The van der Waals surface area contributed by atoms with Crippen molar-refractivity contribution < 1.29 is 19.2 Å². The summed E-state index contributed by atoms with van der Waals surface area (Å²) >= 11 is 1.19. The van der Waals surface area contributed by atoms with Gasteiger partial charge >= 0.3 is 0 Å². The Hall–Kier alpha value is -3.11. The summed E-state index contributed by atoms with van der Waals surface area (Å²) in [6, 6.07) is 7.82. The minimum absolute atomic E-state index is 0.0557. The highest BCUT2D eigenvalue weighted by Gasteiger charge is 2.38. The summed E-state index contributed by atoms with van der Waals surface area (Å²) in [5, 5.41) is 7.14. The minimum Gasteiger partial charge on any atom is -0.344 e. The van der Waals surface area contributed by atoms with E-state index < -0.39 is 18.0 Å². The first-order chi connectivity index (χ1) is 16.9. The van der Waals surface area contributed by atoms with Crippen LogP contribution >= 0.6 is 11.3 Å². The topological polar surface area (TPSA) is 134 Å². The molecule has 0 unspecified atom stereocenters. The number of carbonyl (C=O) groups is 4. The molecule has 35 heavy (non-hydrogen) atoms. The van der Waals surface area contributed by atoms with Crippen LogP contribution in [0.5, 0.6) is 0 Å². The molecule has 4 N–H and O–H groups in total. The van der Waals surface area contributed by atoms with E-state index in [1.807, 2.05) is 30.3 Å². The summed E-state index contributed by atoms with van der Waals surface area (Å²) in [5.41, 5.74) is 9.41. The minimum atomic E-state index is -0.782. The van der Waals surface area contributed by atoms with Crippen LogP contribution in [0.1, 0.15) is 55.1 Å². The van der Waals surface area contributed by atoms with Crippen molar-refractivity contribution in [3.05, 3.63) is 52.5 Å². The van der Waals surface area contributed by atoms with Crippen molar-refractivity contribution in [2.75, 3.05) is 13.1 Å². The van der Waals surface area contributed by atoms with Crippen molar-refractivity contribution in [2.45, 2.75) is 63.6 Å². The Bertz CT molecular complexity index is 995.